The van der Waals surface area contributed by atoms with E-state index in [1.54, 1.807) is 180 Å². The van der Waals surface area contributed by atoms with Crippen LogP contribution in [0.3, 0.4) is 0 Å². The first-order valence-corrected chi connectivity index (χ1v) is 34.6. The van der Waals surface area contributed by atoms with Crippen molar-refractivity contribution in [3.8, 4) is 23.0 Å². The molecule has 105 heavy (non-hydrogen) atoms. The number of amides is 8. The lowest BCUT2D eigenvalue weighted by molar-refractivity contribution is -0.113. The van der Waals surface area contributed by atoms with Gasteiger partial charge in [0, 0.05) is 45.5 Å². The lowest BCUT2D eigenvalue weighted by Crippen LogP contribution is -2.43. The summed E-state index contributed by atoms with van der Waals surface area (Å²) in [4.78, 5) is 121. The molecule has 8 amide bonds. The number of aryl methyl sites for hydroxylation is 12. The van der Waals surface area contributed by atoms with Crippen LogP contribution in [0, 0.1) is 88.5 Å². The van der Waals surface area contributed by atoms with Gasteiger partial charge in [0.2, 0.25) is 0 Å². The second kappa shape index (κ2) is 30.9. The largest absolute Gasteiger partial charge is 0.490 e. The molecule has 4 heterocycles. The van der Waals surface area contributed by atoms with Crippen LogP contribution in [0.15, 0.2) is 97.1 Å². The van der Waals surface area contributed by atoms with Gasteiger partial charge in [0.25, 0.3) is 47.3 Å². The van der Waals surface area contributed by atoms with Crippen LogP contribution < -0.4 is 61.5 Å². The van der Waals surface area contributed by atoms with E-state index in [2.05, 4.69) is 42.5 Å². The summed E-state index contributed by atoms with van der Waals surface area (Å²) in [6.45, 7) is 19.1. The number of carbonyl (C=O) groups is 8. The molecule has 0 aliphatic carbocycles. The van der Waals surface area contributed by atoms with Crippen molar-refractivity contribution in [3.63, 3.8) is 0 Å². The summed E-state index contributed by atoms with van der Waals surface area (Å²) in [5.41, 5.74) is 8.00. The quantitative estimate of drug-likeness (QED) is 0.0700. The molecule has 544 valence electrons. The summed E-state index contributed by atoms with van der Waals surface area (Å²) in [5, 5.41) is 24.2. The van der Waals surface area contributed by atoms with Gasteiger partial charge in [0.1, 0.15) is 49.4 Å². The lowest BCUT2D eigenvalue weighted by atomic mass is 9.92. The Morgan fingerprint density at radius 2 is 0.371 bits per heavy atom. The molecule has 8 aromatic rings. The highest BCUT2D eigenvalue weighted by molar-refractivity contribution is 6.18. The van der Waals surface area contributed by atoms with Crippen LogP contribution in [0.5, 0.6) is 23.0 Å². The number of hydrogen-bond acceptors (Lipinski definition) is 16. The van der Waals surface area contributed by atoms with Gasteiger partial charge in [-0.3, -0.25) is 38.4 Å². The molecule has 24 heteroatoms. The van der Waals surface area contributed by atoms with Crippen LogP contribution in [-0.2, 0) is 18.9 Å². The molecule has 0 fully saturated rings. The third kappa shape index (κ3) is 16.2. The molecule has 0 unspecified atom stereocenters. The second-order valence-electron chi connectivity index (χ2n) is 27.4. The average molecular weight is 1430 g/mol. The van der Waals surface area contributed by atoms with E-state index in [0.717, 1.165) is 0 Å². The van der Waals surface area contributed by atoms with Gasteiger partial charge in [0.15, 0.2) is 0 Å². The van der Waals surface area contributed by atoms with Crippen LogP contribution in [0.1, 0.15) is 150 Å². The average Bonchev–Trinajstić information content (AvgIpc) is 0.801. The number of nitrogens with one attached hydrogen (secondary N) is 8. The highest BCUT2D eigenvalue weighted by Crippen LogP contribution is 2.39. The van der Waals surface area contributed by atoms with Crippen LogP contribution in [0.2, 0.25) is 0 Å². The first-order valence-electron chi connectivity index (χ1n) is 34.6. The maximum absolute atomic E-state index is 15.2. The first-order chi connectivity index (χ1) is 50.2. The van der Waals surface area contributed by atoms with E-state index >= 15 is 38.4 Å². The Bertz CT molecular complexity index is 4080. The maximum atomic E-state index is 15.2. The van der Waals surface area contributed by atoms with E-state index < -0.39 is 52.7 Å². The van der Waals surface area contributed by atoms with Crippen molar-refractivity contribution in [1.29, 1.82) is 0 Å². The van der Waals surface area contributed by atoms with E-state index in [0.29, 0.717) is 112 Å². The highest BCUT2D eigenvalue weighted by Gasteiger charge is 2.35. The molecule has 24 nitrogen and oxygen atoms in total. The standard InChI is InChI=1S/C81H84N8O16/c1-41-21-53-69-54(22-41)74(91)83-62-34-64(48(8)30-46(62)6)85-76(93)56-24-43(3)26-58-71(56)104-19-15-100-39-81(37-98-13-17-102-69)38-99-14-18-103-70-55(75(92)84-63-33-61(82-73(53)90)45(5)29-47(63)7)23-42(2)25-57(70)77(94)86-65-35-67(51(11)31-49(65)9)88-79(96)59-27-44(4)28-60(72(59)105-20-16-101-40-81)80(97)89-68-36-66(87-78(58)95)50(10)32-52(68)12/h21-36H,13-20,37-40H2,1-12H3,(H,82,90)(H,83,91)(H,84,92)(H,85,93)(H,86,94)(H,87,95)(H,88,96)(H,89,97). The Morgan fingerprint density at radius 1 is 0.219 bits per heavy atom. The predicted octanol–water partition coefficient (Wildman–Crippen LogP) is 13.3. The Morgan fingerprint density at radius 3 is 0.524 bits per heavy atom. The Hall–Kier alpha value is -11.4. The zero-order valence-corrected chi connectivity index (χ0v) is 60.8. The van der Waals surface area contributed by atoms with Crippen molar-refractivity contribution in [2.24, 2.45) is 5.41 Å². The molecular formula is C81H84N8O16. The first kappa shape index (κ1) is 73.3. The van der Waals surface area contributed by atoms with Gasteiger partial charge < -0.3 is 80.4 Å². The fraction of sp³-hybridized carbons (Fsp3) is 0.309. The van der Waals surface area contributed by atoms with E-state index in [9.17, 15) is 0 Å². The normalized spacial score (nSPS) is 16.3. The van der Waals surface area contributed by atoms with Gasteiger partial charge >= 0.3 is 0 Å². The molecule has 1 spiro atoms. The molecule has 8 aromatic carbocycles. The molecule has 8 N–H and O–H groups in total. The minimum atomic E-state index is -1.28. The number of hydrogen-bond donors (Lipinski definition) is 8. The number of anilines is 8. The third-order valence-electron chi connectivity index (χ3n) is 18.7. The predicted molar refractivity (Wildman–Crippen MR) is 400 cm³/mol. The number of ether oxygens (including phenoxy) is 8. The maximum Gasteiger partial charge on any atom is 0.259 e. The van der Waals surface area contributed by atoms with Gasteiger partial charge in [-0.1, -0.05) is 24.3 Å². The van der Waals surface area contributed by atoms with Crippen molar-refractivity contribution >= 4 is 92.8 Å². The van der Waals surface area contributed by atoms with E-state index in [1.165, 1.54) is 0 Å². The van der Waals surface area contributed by atoms with Gasteiger partial charge in [-0.2, -0.15) is 0 Å². The molecule has 4 aliphatic rings. The molecule has 0 atom stereocenters. The molecular weight excluding hydrogens is 1340 g/mol. The number of carbonyl (C=O) groups excluding carboxylic acids is 8. The van der Waals surface area contributed by atoms with Crippen LogP contribution in [0.4, 0.5) is 45.5 Å². The molecule has 0 radical (unpaired) electrons. The van der Waals surface area contributed by atoms with Gasteiger partial charge in [-0.15, -0.1) is 0 Å². The van der Waals surface area contributed by atoms with Crippen LogP contribution in [0.25, 0.3) is 0 Å². The minimum absolute atomic E-state index is 0.0238. The van der Waals surface area contributed by atoms with Gasteiger partial charge in [-0.25, -0.2) is 0 Å². The monoisotopic (exact) mass is 1420 g/mol. The fourth-order valence-corrected chi connectivity index (χ4v) is 13.3. The third-order valence-corrected chi connectivity index (χ3v) is 18.7. The van der Waals surface area contributed by atoms with Crippen molar-refractivity contribution in [2.75, 3.05) is 122 Å². The number of fused-ring (bicyclic) bond motifs is 24. The number of rotatable bonds is 0. The van der Waals surface area contributed by atoms with Crippen molar-refractivity contribution in [1.82, 2.24) is 0 Å². The van der Waals surface area contributed by atoms with Crippen LogP contribution >= 0.6 is 0 Å². The summed E-state index contributed by atoms with van der Waals surface area (Å²) in [5.74, 6) is -5.73. The summed E-state index contributed by atoms with van der Waals surface area (Å²) in [6.07, 6.45) is 0. The molecule has 4 aliphatic heterocycles. The summed E-state index contributed by atoms with van der Waals surface area (Å²) in [7, 11) is 0. The summed E-state index contributed by atoms with van der Waals surface area (Å²) in [6, 6.07) is 26.4. The van der Waals surface area contributed by atoms with E-state index in [1.807, 2.05) is 0 Å². The second-order valence-corrected chi connectivity index (χ2v) is 27.4. The van der Waals surface area contributed by atoms with E-state index in [-0.39, 0.29) is 147 Å². The molecule has 0 saturated carbocycles. The minimum Gasteiger partial charge on any atom is -0.490 e. The topological polar surface area (TPSA) is 307 Å². The Labute approximate surface area is 607 Å². The highest BCUT2D eigenvalue weighted by atomic mass is 16.6. The lowest BCUT2D eigenvalue weighted by Gasteiger charge is -2.33. The molecule has 0 aromatic heterocycles. The smallest absolute Gasteiger partial charge is 0.259 e. The zero-order chi connectivity index (χ0) is 74.7. The SMILES string of the molecule is Cc1cc2c3c(c1)C(=O)Nc1cc(c(C)cc1C)NC(=O)c1cc(C)cc4c1OCCOCC1(COCCO3)COCCOc3c(cc(C)cc3C(=O)Nc3cc(c(C)cc3C)NC(=O)c3cc(C)cc(c3OCCOC1)C(=O)Nc1cc(c(C)cc1C)NC4=O)C(=O)Nc1cc(c(C)cc1C)NC2=O. The number of benzene rings is 8. The Kier molecular flexibility index (Phi) is 21.6. The van der Waals surface area contributed by atoms with E-state index in [4.69, 9.17) is 37.9 Å². The zero-order valence-electron chi connectivity index (χ0n) is 60.8. The summed E-state index contributed by atoms with van der Waals surface area (Å²) < 4.78 is 52.7. The van der Waals surface area contributed by atoms with Crippen molar-refractivity contribution in [2.45, 2.75) is 83.1 Å². The Balaban J connectivity index is 1.08. The molecule has 13 bridgehead atoms. The fourth-order valence-electron chi connectivity index (χ4n) is 13.3. The van der Waals surface area contributed by atoms with Crippen molar-refractivity contribution < 1.29 is 76.3 Å². The molecule has 12 rings (SSSR count). The summed E-state index contributed by atoms with van der Waals surface area (Å²) >= 11 is 0. The molecule has 0 saturated heterocycles. The van der Waals surface area contributed by atoms with Crippen molar-refractivity contribution in [3.05, 3.63) is 208 Å². The van der Waals surface area contributed by atoms with Crippen LogP contribution in [-0.4, -0.2) is 127 Å². The van der Waals surface area contributed by atoms with Gasteiger partial charge in [0.05, 0.1) is 103 Å². The van der Waals surface area contributed by atoms with Gasteiger partial charge in [-0.05, 0) is 223 Å².